The van der Waals surface area contributed by atoms with Crippen molar-refractivity contribution in [1.82, 2.24) is 5.32 Å². The molecule has 2 nitrogen and oxygen atoms in total. The summed E-state index contributed by atoms with van der Waals surface area (Å²) >= 11 is 1.82. The van der Waals surface area contributed by atoms with Crippen molar-refractivity contribution in [3.05, 3.63) is 21.9 Å². The first kappa shape index (κ1) is 14.7. The van der Waals surface area contributed by atoms with Crippen LogP contribution in [0.15, 0.2) is 11.4 Å². The van der Waals surface area contributed by atoms with Gasteiger partial charge >= 0.3 is 0 Å². The lowest BCUT2D eigenvalue weighted by Crippen LogP contribution is -2.24. The highest BCUT2D eigenvalue weighted by atomic mass is 32.1. The molecule has 1 heterocycles. The van der Waals surface area contributed by atoms with Gasteiger partial charge in [-0.15, -0.1) is 11.3 Å². The summed E-state index contributed by atoms with van der Waals surface area (Å²) in [7, 11) is 0. The molecule has 0 saturated carbocycles. The van der Waals surface area contributed by atoms with Crippen molar-refractivity contribution in [3.8, 4) is 0 Å². The highest BCUT2D eigenvalue weighted by Crippen LogP contribution is 2.17. The second kappa shape index (κ2) is 7.85. The summed E-state index contributed by atoms with van der Waals surface area (Å²) in [6, 6.07) is 2.17. The van der Waals surface area contributed by atoms with E-state index in [1.807, 2.05) is 11.3 Å². The lowest BCUT2D eigenvalue weighted by atomic mass is 9.94. The fraction of sp³-hybridized carbons (Fsp3) is 0.714. The van der Waals surface area contributed by atoms with Gasteiger partial charge in [0.05, 0.1) is 0 Å². The molecule has 98 valence electrons. The van der Waals surface area contributed by atoms with Gasteiger partial charge in [0.2, 0.25) is 0 Å². The van der Waals surface area contributed by atoms with Crippen LogP contribution in [0.25, 0.3) is 0 Å². The second-order valence-electron chi connectivity index (χ2n) is 5.17. The molecule has 1 unspecified atom stereocenters. The van der Waals surface area contributed by atoms with Gasteiger partial charge in [-0.25, -0.2) is 0 Å². The molecule has 2 N–H and O–H groups in total. The minimum absolute atomic E-state index is 0.303. The van der Waals surface area contributed by atoms with E-state index < -0.39 is 0 Å². The number of aliphatic hydroxyl groups is 1. The Morgan fingerprint density at radius 2 is 2.18 bits per heavy atom. The predicted octanol–water partition coefficient (Wildman–Crippen LogP) is 3.19. The van der Waals surface area contributed by atoms with Crippen molar-refractivity contribution in [1.29, 1.82) is 0 Å². The maximum atomic E-state index is 9.05. The third kappa shape index (κ3) is 5.66. The number of thiophene rings is 1. The van der Waals surface area contributed by atoms with Gasteiger partial charge in [-0.05, 0) is 55.2 Å². The van der Waals surface area contributed by atoms with Gasteiger partial charge in [-0.3, -0.25) is 0 Å². The standard InChI is InChI=1S/C14H25NOS/c1-11(2)8-13(4-6-16)9-15-10-14-12(3)5-7-17-14/h5,7,11,13,15-16H,4,6,8-10H2,1-3H3. The Kier molecular flexibility index (Phi) is 6.78. The lowest BCUT2D eigenvalue weighted by molar-refractivity contribution is 0.239. The Morgan fingerprint density at radius 1 is 1.41 bits per heavy atom. The molecule has 0 aliphatic carbocycles. The van der Waals surface area contributed by atoms with Crippen LogP contribution in [0, 0.1) is 18.8 Å². The van der Waals surface area contributed by atoms with Crippen molar-refractivity contribution in [2.75, 3.05) is 13.2 Å². The molecule has 1 aromatic heterocycles. The Balaban J connectivity index is 2.29. The zero-order valence-corrected chi connectivity index (χ0v) is 12.0. The number of rotatable bonds is 8. The van der Waals surface area contributed by atoms with E-state index in [1.165, 1.54) is 16.9 Å². The Bertz CT molecular complexity index is 309. The molecule has 1 atom stereocenters. The van der Waals surface area contributed by atoms with Gasteiger partial charge in [0, 0.05) is 18.0 Å². The normalized spacial score (nSPS) is 13.2. The van der Waals surface area contributed by atoms with E-state index in [2.05, 4.69) is 37.5 Å². The smallest absolute Gasteiger partial charge is 0.0434 e. The lowest BCUT2D eigenvalue weighted by Gasteiger charge is -2.18. The summed E-state index contributed by atoms with van der Waals surface area (Å²) in [6.45, 7) is 8.92. The number of nitrogens with one attached hydrogen (secondary N) is 1. The van der Waals surface area contributed by atoms with Crippen molar-refractivity contribution < 1.29 is 5.11 Å². The van der Waals surface area contributed by atoms with E-state index in [1.54, 1.807) is 0 Å². The third-order valence-electron chi connectivity index (χ3n) is 3.03. The molecule has 0 saturated heterocycles. The molecular weight excluding hydrogens is 230 g/mol. The molecule has 1 aromatic rings. The topological polar surface area (TPSA) is 32.3 Å². The largest absolute Gasteiger partial charge is 0.396 e. The SMILES string of the molecule is Cc1ccsc1CNCC(CCO)CC(C)C. The molecule has 0 spiro atoms. The predicted molar refractivity (Wildman–Crippen MR) is 75.4 cm³/mol. The fourth-order valence-electron chi connectivity index (χ4n) is 2.13. The molecule has 0 aliphatic rings. The Labute approximate surface area is 109 Å². The summed E-state index contributed by atoms with van der Waals surface area (Å²) in [6.07, 6.45) is 2.10. The van der Waals surface area contributed by atoms with Crippen LogP contribution in [-0.2, 0) is 6.54 Å². The first-order valence-electron chi connectivity index (χ1n) is 6.48. The Hall–Kier alpha value is -0.380. The number of aryl methyl sites for hydroxylation is 1. The van der Waals surface area contributed by atoms with Crippen LogP contribution in [0.5, 0.6) is 0 Å². The summed E-state index contributed by atoms with van der Waals surface area (Å²) in [5.74, 6) is 1.30. The monoisotopic (exact) mass is 255 g/mol. The summed E-state index contributed by atoms with van der Waals surface area (Å²) < 4.78 is 0. The first-order valence-corrected chi connectivity index (χ1v) is 7.36. The molecule has 1 rings (SSSR count). The average Bonchev–Trinajstić information content (AvgIpc) is 2.64. The van der Waals surface area contributed by atoms with Crippen molar-refractivity contribution in [2.24, 2.45) is 11.8 Å². The molecular formula is C14H25NOS. The van der Waals surface area contributed by atoms with E-state index in [4.69, 9.17) is 5.11 Å². The average molecular weight is 255 g/mol. The maximum absolute atomic E-state index is 9.05. The van der Waals surface area contributed by atoms with E-state index in [0.29, 0.717) is 18.4 Å². The van der Waals surface area contributed by atoms with Gasteiger partial charge in [-0.1, -0.05) is 13.8 Å². The van der Waals surface area contributed by atoms with Crippen molar-refractivity contribution in [3.63, 3.8) is 0 Å². The van der Waals surface area contributed by atoms with Gasteiger partial charge in [0.15, 0.2) is 0 Å². The van der Waals surface area contributed by atoms with E-state index in [0.717, 1.165) is 19.5 Å². The van der Waals surface area contributed by atoms with Crippen LogP contribution in [0.1, 0.15) is 37.1 Å². The zero-order chi connectivity index (χ0) is 12.7. The minimum Gasteiger partial charge on any atom is -0.396 e. The molecule has 0 bridgehead atoms. The summed E-state index contributed by atoms with van der Waals surface area (Å²) in [4.78, 5) is 1.43. The number of hydrogen-bond donors (Lipinski definition) is 2. The van der Waals surface area contributed by atoms with Crippen LogP contribution >= 0.6 is 11.3 Å². The van der Waals surface area contributed by atoms with Crippen LogP contribution in [0.2, 0.25) is 0 Å². The molecule has 3 heteroatoms. The van der Waals surface area contributed by atoms with Gasteiger partial charge in [0.25, 0.3) is 0 Å². The van der Waals surface area contributed by atoms with Crippen LogP contribution in [-0.4, -0.2) is 18.3 Å². The zero-order valence-electron chi connectivity index (χ0n) is 11.2. The van der Waals surface area contributed by atoms with Crippen LogP contribution < -0.4 is 5.32 Å². The van der Waals surface area contributed by atoms with E-state index in [-0.39, 0.29) is 0 Å². The van der Waals surface area contributed by atoms with Gasteiger partial charge < -0.3 is 10.4 Å². The fourth-order valence-corrected chi connectivity index (χ4v) is 3.00. The maximum Gasteiger partial charge on any atom is 0.0434 e. The summed E-state index contributed by atoms with van der Waals surface area (Å²) in [5.41, 5.74) is 1.38. The minimum atomic E-state index is 0.303. The molecule has 0 amide bonds. The van der Waals surface area contributed by atoms with Crippen LogP contribution in [0.4, 0.5) is 0 Å². The van der Waals surface area contributed by atoms with Crippen LogP contribution in [0.3, 0.4) is 0 Å². The molecule has 17 heavy (non-hydrogen) atoms. The molecule has 0 aliphatic heterocycles. The van der Waals surface area contributed by atoms with Gasteiger partial charge in [-0.2, -0.15) is 0 Å². The number of hydrogen-bond acceptors (Lipinski definition) is 3. The summed E-state index contributed by atoms with van der Waals surface area (Å²) in [5, 5.41) is 14.7. The highest BCUT2D eigenvalue weighted by molar-refractivity contribution is 7.10. The molecule has 0 fully saturated rings. The molecule has 0 radical (unpaired) electrons. The second-order valence-corrected chi connectivity index (χ2v) is 6.17. The van der Waals surface area contributed by atoms with Crippen molar-refractivity contribution in [2.45, 2.75) is 40.2 Å². The third-order valence-corrected chi connectivity index (χ3v) is 4.05. The van der Waals surface area contributed by atoms with E-state index in [9.17, 15) is 0 Å². The van der Waals surface area contributed by atoms with Gasteiger partial charge in [0.1, 0.15) is 0 Å². The van der Waals surface area contributed by atoms with Crippen molar-refractivity contribution >= 4 is 11.3 Å². The quantitative estimate of drug-likeness (QED) is 0.747. The number of aliphatic hydroxyl groups excluding tert-OH is 1. The first-order chi connectivity index (χ1) is 8.13. The molecule has 0 aromatic carbocycles. The van der Waals surface area contributed by atoms with E-state index >= 15 is 0 Å². The highest BCUT2D eigenvalue weighted by Gasteiger charge is 2.10. The Morgan fingerprint density at radius 3 is 2.71 bits per heavy atom.